The molecule has 0 saturated carbocycles. The fourth-order valence-electron chi connectivity index (χ4n) is 1.72. The number of nitrogens with zero attached hydrogens (tertiary/aromatic N) is 2. The number of aromatic nitrogens is 1. The highest BCUT2D eigenvalue weighted by molar-refractivity contribution is 6.39. The van der Waals surface area contributed by atoms with Crippen molar-refractivity contribution < 1.29 is 4.92 Å². The second-order valence-electron chi connectivity index (χ2n) is 4.20. The van der Waals surface area contributed by atoms with E-state index in [-0.39, 0.29) is 15.7 Å². The van der Waals surface area contributed by atoms with Crippen molar-refractivity contribution in [3.63, 3.8) is 0 Å². The van der Waals surface area contributed by atoms with E-state index in [0.29, 0.717) is 12.2 Å². The summed E-state index contributed by atoms with van der Waals surface area (Å²) in [6, 6.07) is 4.43. The minimum atomic E-state index is -0.533. The van der Waals surface area contributed by atoms with E-state index in [1.54, 1.807) is 12.4 Å². The topological polar surface area (TPSA) is 68.1 Å². The van der Waals surface area contributed by atoms with E-state index < -0.39 is 4.92 Å². The monoisotopic (exact) mass is 311 g/mol. The van der Waals surface area contributed by atoms with Crippen LogP contribution in [0.2, 0.25) is 10.0 Å². The van der Waals surface area contributed by atoms with E-state index in [1.165, 1.54) is 12.1 Å². The first-order chi connectivity index (χ1) is 9.49. The van der Waals surface area contributed by atoms with Crippen molar-refractivity contribution in [2.75, 3.05) is 5.32 Å². The number of halogens is 2. The van der Waals surface area contributed by atoms with Gasteiger partial charge in [-0.05, 0) is 24.1 Å². The Morgan fingerprint density at radius 1 is 1.35 bits per heavy atom. The molecule has 0 atom stereocenters. The first-order valence-corrected chi connectivity index (χ1v) is 6.51. The second-order valence-corrected chi connectivity index (χ2v) is 5.01. The van der Waals surface area contributed by atoms with Crippen molar-refractivity contribution >= 4 is 34.6 Å². The molecule has 0 aliphatic rings. The maximum atomic E-state index is 10.7. The van der Waals surface area contributed by atoms with E-state index in [4.69, 9.17) is 23.2 Å². The SMILES string of the molecule is Cc1cnccc1CNc1c(Cl)cc([N+](=O)[O-])cc1Cl. The molecule has 0 unspecified atom stereocenters. The Balaban J connectivity index is 2.22. The highest BCUT2D eigenvalue weighted by atomic mass is 35.5. The second kappa shape index (κ2) is 6.07. The fraction of sp³-hybridized carbons (Fsp3) is 0.154. The molecule has 0 fully saturated rings. The fourth-order valence-corrected chi connectivity index (χ4v) is 2.33. The summed E-state index contributed by atoms with van der Waals surface area (Å²) in [7, 11) is 0. The third-order valence-electron chi connectivity index (χ3n) is 2.83. The number of hydrogen-bond donors (Lipinski definition) is 1. The Labute approximate surface area is 125 Å². The van der Waals surface area contributed by atoms with Crippen LogP contribution in [0.5, 0.6) is 0 Å². The summed E-state index contributed by atoms with van der Waals surface area (Å²) < 4.78 is 0. The van der Waals surface area contributed by atoms with Gasteiger partial charge in [-0.3, -0.25) is 15.1 Å². The van der Waals surface area contributed by atoms with Crippen LogP contribution < -0.4 is 5.32 Å². The molecule has 0 radical (unpaired) electrons. The number of anilines is 1. The van der Waals surface area contributed by atoms with Gasteiger partial charge in [-0.15, -0.1) is 0 Å². The normalized spacial score (nSPS) is 10.3. The molecular formula is C13H11Cl2N3O2. The van der Waals surface area contributed by atoms with Gasteiger partial charge >= 0.3 is 0 Å². The van der Waals surface area contributed by atoms with Crippen molar-refractivity contribution in [1.29, 1.82) is 0 Å². The third-order valence-corrected chi connectivity index (χ3v) is 3.43. The lowest BCUT2D eigenvalue weighted by Crippen LogP contribution is -2.03. The van der Waals surface area contributed by atoms with Gasteiger partial charge in [-0.2, -0.15) is 0 Å². The first kappa shape index (κ1) is 14.6. The largest absolute Gasteiger partial charge is 0.379 e. The van der Waals surface area contributed by atoms with Gasteiger partial charge in [-0.25, -0.2) is 0 Å². The molecule has 7 heteroatoms. The van der Waals surface area contributed by atoms with Crippen LogP contribution in [0.1, 0.15) is 11.1 Å². The summed E-state index contributed by atoms with van der Waals surface area (Å²) >= 11 is 12.0. The Bertz CT molecular complexity index is 639. The number of rotatable bonds is 4. The van der Waals surface area contributed by atoms with Gasteiger partial charge in [-0.1, -0.05) is 23.2 Å². The number of pyridine rings is 1. The van der Waals surface area contributed by atoms with Crippen LogP contribution in [0.4, 0.5) is 11.4 Å². The number of hydrogen-bond acceptors (Lipinski definition) is 4. The van der Waals surface area contributed by atoms with Crippen LogP contribution in [-0.4, -0.2) is 9.91 Å². The average Bonchev–Trinajstić information content (AvgIpc) is 2.39. The molecule has 2 aromatic rings. The Hall–Kier alpha value is -1.85. The van der Waals surface area contributed by atoms with Crippen molar-refractivity contribution in [3.05, 3.63) is 61.9 Å². The van der Waals surface area contributed by atoms with Crippen molar-refractivity contribution in [2.45, 2.75) is 13.5 Å². The van der Waals surface area contributed by atoms with Gasteiger partial charge in [0.15, 0.2) is 0 Å². The summed E-state index contributed by atoms with van der Waals surface area (Å²) in [5.74, 6) is 0. The van der Waals surface area contributed by atoms with E-state index in [1.807, 2.05) is 13.0 Å². The summed E-state index contributed by atoms with van der Waals surface area (Å²) in [6.07, 6.45) is 3.46. The molecule has 0 aliphatic heterocycles. The minimum Gasteiger partial charge on any atom is -0.379 e. The number of nitrogens with one attached hydrogen (secondary N) is 1. The average molecular weight is 312 g/mol. The number of aryl methyl sites for hydroxylation is 1. The smallest absolute Gasteiger partial charge is 0.272 e. The van der Waals surface area contributed by atoms with Gasteiger partial charge in [0.05, 0.1) is 20.7 Å². The van der Waals surface area contributed by atoms with Crippen LogP contribution in [0, 0.1) is 17.0 Å². The molecule has 0 bridgehead atoms. The van der Waals surface area contributed by atoms with Gasteiger partial charge in [0, 0.05) is 31.1 Å². The molecule has 0 aliphatic carbocycles. The van der Waals surface area contributed by atoms with Crippen molar-refractivity contribution in [1.82, 2.24) is 4.98 Å². The summed E-state index contributed by atoms with van der Waals surface area (Å²) in [5, 5.41) is 14.2. The zero-order valence-corrected chi connectivity index (χ0v) is 12.1. The van der Waals surface area contributed by atoms with Crippen molar-refractivity contribution in [3.8, 4) is 0 Å². The number of non-ortho nitro benzene ring substituents is 1. The minimum absolute atomic E-state index is 0.134. The zero-order valence-electron chi connectivity index (χ0n) is 10.6. The maximum Gasteiger partial charge on any atom is 0.272 e. The maximum absolute atomic E-state index is 10.7. The molecule has 20 heavy (non-hydrogen) atoms. The predicted molar refractivity (Wildman–Crippen MR) is 79.4 cm³/mol. The van der Waals surface area contributed by atoms with E-state index >= 15 is 0 Å². The Morgan fingerprint density at radius 2 is 2.00 bits per heavy atom. The van der Waals surface area contributed by atoms with Crippen molar-refractivity contribution in [2.24, 2.45) is 0 Å². The molecule has 0 saturated heterocycles. The van der Waals surface area contributed by atoms with Gasteiger partial charge < -0.3 is 5.32 Å². The highest BCUT2D eigenvalue weighted by Gasteiger charge is 2.14. The van der Waals surface area contributed by atoms with Gasteiger partial charge in [0.1, 0.15) is 0 Å². The summed E-state index contributed by atoms with van der Waals surface area (Å²) in [4.78, 5) is 14.2. The van der Waals surface area contributed by atoms with Gasteiger partial charge in [0.25, 0.3) is 5.69 Å². The molecule has 1 aromatic heterocycles. The lowest BCUT2D eigenvalue weighted by Gasteiger charge is -2.11. The summed E-state index contributed by atoms with van der Waals surface area (Å²) in [6.45, 7) is 2.45. The van der Waals surface area contributed by atoms with Crippen LogP contribution in [0.3, 0.4) is 0 Å². The molecular weight excluding hydrogens is 301 g/mol. The molecule has 1 heterocycles. The first-order valence-electron chi connectivity index (χ1n) is 5.76. The Kier molecular flexibility index (Phi) is 4.42. The standard InChI is InChI=1S/C13H11Cl2N3O2/c1-8-6-16-3-2-9(8)7-17-13-11(14)4-10(18(19)20)5-12(13)15/h2-6,17H,7H2,1H3. The molecule has 1 N–H and O–H groups in total. The molecule has 2 rings (SSSR count). The van der Waals surface area contributed by atoms with Crippen LogP contribution in [0.25, 0.3) is 0 Å². The lowest BCUT2D eigenvalue weighted by atomic mass is 10.1. The zero-order chi connectivity index (χ0) is 14.7. The van der Waals surface area contributed by atoms with Crippen LogP contribution >= 0.6 is 23.2 Å². The molecule has 0 amide bonds. The molecule has 1 aromatic carbocycles. The Morgan fingerprint density at radius 3 is 2.55 bits per heavy atom. The van der Waals surface area contributed by atoms with E-state index in [9.17, 15) is 10.1 Å². The quantitative estimate of drug-likeness (QED) is 0.678. The molecule has 104 valence electrons. The van der Waals surface area contributed by atoms with Gasteiger partial charge in [0.2, 0.25) is 0 Å². The van der Waals surface area contributed by atoms with E-state index in [2.05, 4.69) is 10.3 Å². The molecule has 5 nitrogen and oxygen atoms in total. The summed E-state index contributed by atoms with van der Waals surface area (Å²) in [5.41, 5.74) is 2.43. The predicted octanol–water partition coefficient (Wildman–Crippen LogP) is 4.22. The number of nitro benzene ring substituents is 1. The number of benzene rings is 1. The van der Waals surface area contributed by atoms with Crippen LogP contribution in [0.15, 0.2) is 30.6 Å². The third kappa shape index (κ3) is 3.18. The highest BCUT2D eigenvalue weighted by Crippen LogP contribution is 2.34. The number of nitro groups is 1. The lowest BCUT2D eigenvalue weighted by molar-refractivity contribution is -0.384. The van der Waals surface area contributed by atoms with E-state index in [0.717, 1.165) is 11.1 Å². The van der Waals surface area contributed by atoms with Crippen LogP contribution in [-0.2, 0) is 6.54 Å². The molecule has 0 spiro atoms.